The fourth-order valence-corrected chi connectivity index (χ4v) is 1.13. The highest BCUT2D eigenvalue weighted by Crippen LogP contribution is 2.11. The first-order chi connectivity index (χ1) is 5.97. The van der Waals surface area contributed by atoms with E-state index in [0.29, 0.717) is 9.12 Å². The molecule has 4 heteroatoms. The van der Waals surface area contributed by atoms with Crippen LogP contribution in [-0.2, 0) is 4.57 Å². The van der Waals surface area contributed by atoms with Crippen LogP contribution < -0.4 is 0 Å². The molecule has 0 amide bonds. The van der Waals surface area contributed by atoms with Gasteiger partial charge in [-0.25, -0.2) is 0 Å². The molecule has 1 nitrogen and oxygen atoms in total. The summed E-state index contributed by atoms with van der Waals surface area (Å²) in [4.78, 5) is 0. The van der Waals surface area contributed by atoms with E-state index in [1.165, 1.54) is 10.8 Å². The molecule has 2 aromatic rings. The van der Waals surface area contributed by atoms with E-state index in [9.17, 15) is 0 Å². The van der Waals surface area contributed by atoms with Gasteiger partial charge < -0.3 is 4.57 Å². The van der Waals surface area contributed by atoms with Crippen molar-refractivity contribution in [2.75, 3.05) is 0 Å². The Kier molecular flexibility index (Phi) is 10.4. The minimum absolute atomic E-state index is 0. The first-order valence-corrected chi connectivity index (χ1v) is 4.27. The molecule has 0 aliphatic rings. The third-order valence-electron chi connectivity index (χ3n) is 1.66. The monoisotopic (exact) mass is 250 g/mol. The molecule has 14 heavy (non-hydrogen) atoms. The van der Waals surface area contributed by atoms with Crippen molar-refractivity contribution in [1.82, 2.24) is 0 Å². The minimum Gasteiger partial charge on any atom is -0.333 e. The second-order valence-corrected chi connectivity index (χ2v) is 2.35. The molecule has 78 valence electrons. The molecule has 0 heterocycles. The van der Waals surface area contributed by atoms with Gasteiger partial charge >= 0.3 is 0 Å². The van der Waals surface area contributed by atoms with E-state index in [0.717, 1.165) is 0 Å². The molecule has 0 bridgehead atoms. The molecule has 0 spiro atoms. The van der Waals surface area contributed by atoms with Crippen LogP contribution in [0.2, 0.25) is 0 Å². The van der Waals surface area contributed by atoms with Crippen LogP contribution >= 0.6 is 33.9 Å². The summed E-state index contributed by atoms with van der Waals surface area (Å²) in [5.41, 5.74) is 0. The summed E-state index contributed by atoms with van der Waals surface area (Å²) < 4.78 is 8.28. The van der Waals surface area contributed by atoms with Crippen LogP contribution in [0.1, 0.15) is 0 Å². The van der Waals surface area contributed by atoms with Gasteiger partial charge in [-0.05, 0) is 10.8 Å². The maximum atomic E-state index is 8.28. The molecule has 0 aromatic heterocycles. The van der Waals surface area contributed by atoms with Crippen LogP contribution in [0.3, 0.4) is 0 Å². The summed E-state index contributed by atoms with van der Waals surface area (Å²) in [5.74, 6) is 0. The fourth-order valence-electron chi connectivity index (χ4n) is 1.13. The van der Waals surface area contributed by atoms with Crippen molar-refractivity contribution in [3.63, 3.8) is 0 Å². The van der Waals surface area contributed by atoms with Gasteiger partial charge in [-0.1, -0.05) is 48.5 Å². The van der Waals surface area contributed by atoms with Crippen LogP contribution in [0.15, 0.2) is 48.5 Å². The lowest BCUT2D eigenvalue weighted by atomic mass is 10.1. The number of hydrogen-bond donors (Lipinski definition) is 0. The van der Waals surface area contributed by atoms with E-state index in [1.807, 2.05) is 0 Å². The van der Waals surface area contributed by atoms with Crippen LogP contribution in [-0.4, -0.2) is 0 Å². The highest BCUT2D eigenvalue weighted by Gasteiger charge is 1.85. The van der Waals surface area contributed by atoms with Crippen molar-refractivity contribution in [2.45, 2.75) is 0 Å². The van der Waals surface area contributed by atoms with Crippen molar-refractivity contribution in [2.24, 2.45) is 0 Å². The van der Waals surface area contributed by atoms with Crippen LogP contribution in [0.5, 0.6) is 0 Å². The van der Waals surface area contributed by atoms with Gasteiger partial charge in [-0.3, -0.25) is 0 Å². The lowest BCUT2D eigenvalue weighted by molar-refractivity contribution is 0.607. The SMILES string of the molecule is Cl.Cl.O=[PH3].c1ccc2ccccc2c1. The Morgan fingerprint density at radius 1 is 0.643 bits per heavy atom. The summed E-state index contributed by atoms with van der Waals surface area (Å²) >= 11 is 0. The number of rotatable bonds is 0. The zero-order chi connectivity index (χ0) is 8.81. The van der Waals surface area contributed by atoms with E-state index in [-0.39, 0.29) is 24.8 Å². The molecular weight excluding hydrogens is 238 g/mol. The second kappa shape index (κ2) is 9.08. The third kappa shape index (κ3) is 4.15. The first kappa shape index (κ1) is 16.0. The zero-order valence-electron chi connectivity index (χ0n) is 7.55. The maximum absolute atomic E-state index is 8.28. The normalized spacial score (nSPS) is 7.71. The van der Waals surface area contributed by atoms with Gasteiger partial charge in [0.15, 0.2) is 0 Å². The standard InChI is InChI=1S/C10H8.2ClH.H3OP/c1-2-6-10-8-4-3-7-9(10)5-1;;;1-2/h1-8H;2*1H;2H3. The Morgan fingerprint density at radius 2 is 0.857 bits per heavy atom. The van der Waals surface area contributed by atoms with Crippen LogP contribution in [0, 0.1) is 0 Å². The van der Waals surface area contributed by atoms with Crippen molar-refractivity contribution in [3.05, 3.63) is 48.5 Å². The molecule has 0 radical (unpaired) electrons. The Hall–Kier alpha value is -0.490. The van der Waals surface area contributed by atoms with Crippen LogP contribution in [0.4, 0.5) is 0 Å². The lowest BCUT2D eigenvalue weighted by Crippen LogP contribution is -1.67. The topological polar surface area (TPSA) is 17.1 Å². The molecule has 1 unspecified atom stereocenters. The Balaban J connectivity index is 0. The molecular formula is C10H13Cl2OP. The zero-order valence-corrected chi connectivity index (χ0v) is 10.6. The van der Waals surface area contributed by atoms with Gasteiger partial charge in [0.1, 0.15) is 0 Å². The fraction of sp³-hybridized carbons (Fsp3) is 0. The second-order valence-electron chi connectivity index (χ2n) is 2.35. The van der Waals surface area contributed by atoms with Crippen LogP contribution in [0.25, 0.3) is 10.8 Å². The van der Waals surface area contributed by atoms with Crippen molar-refractivity contribution >= 4 is 44.7 Å². The summed E-state index contributed by atoms with van der Waals surface area (Å²) in [5, 5.41) is 2.62. The van der Waals surface area contributed by atoms with Gasteiger partial charge in [-0.15, -0.1) is 24.8 Å². The summed E-state index contributed by atoms with van der Waals surface area (Å²) in [7, 11) is 0.611. The predicted molar refractivity (Wildman–Crippen MR) is 70.2 cm³/mol. The highest BCUT2D eigenvalue weighted by atomic mass is 35.5. The molecule has 0 fully saturated rings. The Morgan fingerprint density at radius 3 is 1.07 bits per heavy atom. The van der Waals surface area contributed by atoms with Gasteiger partial charge in [0, 0.05) is 0 Å². The molecule has 2 rings (SSSR count). The maximum Gasteiger partial charge on any atom is 0.0527 e. The van der Waals surface area contributed by atoms with Gasteiger partial charge in [0.2, 0.25) is 0 Å². The van der Waals surface area contributed by atoms with E-state index in [1.54, 1.807) is 0 Å². The molecule has 0 saturated heterocycles. The minimum atomic E-state index is 0. The lowest BCUT2D eigenvalue weighted by Gasteiger charge is -1.92. The quantitative estimate of drug-likeness (QED) is 0.653. The van der Waals surface area contributed by atoms with Crippen molar-refractivity contribution in [3.8, 4) is 0 Å². The summed E-state index contributed by atoms with van der Waals surface area (Å²) in [6.45, 7) is 0. The summed E-state index contributed by atoms with van der Waals surface area (Å²) in [6.07, 6.45) is 0. The molecule has 0 aliphatic carbocycles. The summed E-state index contributed by atoms with van der Waals surface area (Å²) in [6, 6.07) is 16.7. The molecule has 0 aliphatic heterocycles. The smallest absolute Gasteiger partial charge is 0.0527 e. The third-order valence-corrected chi connectivity index (χ3v) is 1.66. The van der Waals surface area contributed by atoms with E-state index in [4.69, 9.17) is 4.57 Å². The Labute approximate surface area is 98.0 Å². The van der Waals surface area contributed by atoms with Gasteiger partial charge in [0.25, 0.3) is 0 Å². The average molecular weight is 251 g/mol. The first-order valence-electron chi connectivity index (χ1n) is 3.69. The highest BCUT2D eigenvalue weighted by molar-refractivity contribution is 7.00. The largest absolute Gasteiger partial charge is 0.333 e. The number of hydrogen-bond acceptors (Lipinski definition) is 1. The van der Waals surface area contributed by atoms with Crippen molar-refractivity contribution < 1.29 is 4.57 Å². The van der Waals surface area contributed by atoms with E-state index >= 15 is 0 Å². The van der Waals surface area contributed by atoms with Gasteiger partial charge in [-0.2, -0.15) is 0 Å². The molecule has 2 aromatic carbocycles. The molecule has 0 saturated carbocycles. The molecule has 0 N–H and O–H groups in total. The average Bonchev–Trinajstić information content (AvgIpc) is 2.21. The van der Waals surface area contributed by atoms with E-state index < -0.39 is 0 Å². The predicted octanol–water partition coefficient (Wildman–Crippen LogP) is 3.62. The number of fused-ring (bicyclic) bond motifs is 1. The van der Waals surface area contributed by atoms with E-state index in [2.05, 4.69) is 48.5 Å². The molecule has 1 atom stereocenters. The van der Waals surface area contributed by atoms with Gasteiger partial charge in [0.05, 0.1) is 9.12 Å². The van der Waals surface area contributed by atoms with Crippen molar-refractivity contribution in [1.29, 1.82) is 0 Å². The Bertz CT molecular complexity index is 302. The number of benzene rings is 2. The number of halogens is 2.